The van der Waals surface area contributed by atoms with Crippen molar-refractivity contribution in [2.75, 3.05) is 37.0 Å². The van der Waals surface area contributed by atoms with Gasteiger partial charge in [-0.2, -0.15) is 10.1 Å². The number of benzene rings is 2. The number of piperidine rings is 1. The van der Waals surface area contributed by atoms with Crippen LogP contribution >= 0.6 is 11.6 Å². The standard InChI is InChI=1S/C39H44ClN9O2/c1-23-7-12-30(25(3)43-23)36-31-13-10-26(17-34(31)48(6)46-36)8-9-27-15-16-49(21-27)39-42-20-32(40)37(45-39)44-29-11-14-33-28(18-29)19-35(38(50)47(33)5)51-22-24(2)41-4/h10-11,13-14,17-20,27,30,41,43H,1-3,7-9,12,15-16,21-22H2,4-6H3,(H,42,44,45). The molecule has 2 aromatic carbocycles. The molecular formula is C39H44ClN9O2. The van der Waals surface area contributed by atoms with E-state index in [0.29, 0.717) is 28.4 Å². The van der Waals surface area contributed by atoms with E-state index in [1.807, 2.05) is 29.9 Å². The lowest BCUT2D eigenvalue weighted by molar-refractivity contribution is 0.339. The van der Waals surface area contributed by atoms with Gasteiger partial charge in [0.25, 0.3) is 5.56 Å². The first-order valence-corrected chi connectivity index (χ1v) is 17.7. The van der Waals surface area contributed by atoms with Crippen LogP contribution in [0.5, 0.6) is 5.75 Å². The molecule has 51 heavy (non-hydrogen) atoms. The summed E-state index contributed by atoms with van der Waals surface area (Å²) in [7, 11) is 5.52. The highest BCUT2D eigenvalue weighted by Gasteiger charge is 2.27. The summed E-state index contributed by atoms with van der Waals surface area (Å²) in [6.45, 7) is 14.1. The molecule has 264 valence electrons. The van der Waals surface area contributed by atoms with Crippen LogP contribution in [0.4, 0.5) is 17.5 Å². The second kappa shape index (κ2) is 14.1. The number of hydrogen-bond acceptors (Lipinski definition) is 9. The minimum atomic E-state index is -0.213. The summed E-state index contributed by atoms with van der Waals surface area (Å²) in [5.41, 5.74) is 7.58. The normalized spacial score (nSPS) is 17.6. The second-order valence-electron chi connectivity index (χ2n) is 13.6. The minimum absolute atomic E-state index is 0.188. The number of aromatic nitrogens is 5. The Morgan fingerprint density at radius 3 is 2.76 bits per heavy atom. The van der Waals surface area contributed by atoms with Gasteiger partial charge in [-0.1, -0.05) is 43.5 Å². The van der Waals surface area contributed by atoms with E-state index in [1.165, 1.54) is 10.9 Å². The van der Waals surface area contributed by atoms with Gasteiger partial charge in [0.1, 0.15) is 11.6 Å². The Balaban J connectivity index is 1.01. The Morgan fingerprint density at radius 2 is 1.96 bits per heavy atom. The van der Waals surface area contributed by atoms with Gasteiger partial charge in [0.2, 0.25) is 5.95 Å². The van der Waals surface area contributed by atoms with Gasteiger partial charge in [-0.15, -0.1) is 0 Å². The van der Waals surface area contributed by atoms with Crippen LogP contribution in [-0.4, -0.2) is 51.1 Å². The maximum atomic E-state index is 12.9. The smallest absolute Gasteiger partial charge is 0.293 e. The number of likely N-dealkylation sites (N-methyl/N-ethyl adjacent to an activating group) is 1. The molecule has 2 aliphatic rings. The van der Waals surface area contributed by atoms with Crippen LogP contribution < -0.4 is 31.1 Å². The zero-order chi connectivity index (χ0) is 35.8. The second-order valence-corrected chi connectivity index (χ2v) is 14.0. The quantitative estimate of drug-likeness (QED) is 0.139. The van der Waals surface area contributed by atoms with Crippen LogP contribution in [0, 0.1) is 5.92 Å². The Bertz CT molecular complexity index is 2240. The molecule has 0 amide bonds. The lowest BCUT2D eigenvalue weighted by Gasteiger charge is -2.26. The molecule has 11 nitrogen and oxygen atoms in total. The highest BCUT2D eigenvalue weighted by molar-refractivity contribution is 6.32. The fraction of sp³-hybridized carbons (Fsp3) is 0.333. The van der Waals surface area contributed by atoms with Gasteiger partial charge in [-0.25, -0.2) is 4.98 Å². The highest BCUT2D eigenvalue weighted by Crippen LogP contribution is 2.36. The van der Waals surface area contributed by atoms with Gasteiger partial charge in [0.05, 0.1) is 22.9 Å². The number of pyridine rings is 1. The van der Waals surface area contributed by atoms with E-state index in [4.69, 9.17) is 26.4 Å². The molecule has 2 fully saturated rings. The van der Waals surface area contributed by atoms with Crippen molar-refractivity contribution in [1.29, 1.82) is 0 Å². The number of fused-ring (bicyclic) bond motifs is 2. The zero-order valence-electron chi connectivity index (χ0n) is 29.4. The zero-order valence-corrected chi connectivity index (χ0v) is 30.2. The number of aryl methyl sites for hydroxylation is 3. The van der Waals surface area contributed by atoms with Gasteiger partial charge in [-0.3, -0.25) is 9.48 Å². The molecule has 3 aromatic heterocycles. The number of ether oxygens (including phenoxy) is 1. The van der Waals surface area contributed by atoms with Gasteiger partial charge < -0.3 is 30.2 Å². The molecule has 12 heteroatoms. The van der Waals surface area contributed by atoms with Gasteiger partial charge in [0.15, 0.2) is 11.6 Å². The Hall–Kier alpha value is -5.29. The molecule has 2 atom stereocenters. The predicted molar refractivity (Wildman–Crippen MR) is 206 cm³/mol. The lowest BCUT2D eigenvalue weighted by Crippen LogP contribution is -2.23. The van der Waals surface area contributed by atoms with E-state index >= 15 is 0 Å². The molecule has 0 radical (unpaired) electrons. The van der Waals surface area contributed by atoms with Crippen molar-refractivity contribution in [2.45, 2.75) is 38.0 Å². The fourth-order valence-corrected chi connectivity index (χ4v) is 7.28. The van der Waals surface area contributed by atoms with Gasteiger partial charge in [0, 0.05) is 73.7 Å². The molecule has 2 saturated heterocycles. The molecule has 7 rings (SSSR count). The summed E-state index contributed by atoms with van der Waals surface area (Å²) in [5.74, 6) is 2.14. The number of halogens is 1. The van der Waals surface area contributed by atoms with Crippen molar-refractivity contribution in [2.24, 2.45) is 20.0 Å². The van der Waals surface area contributed by atoms with E-state index in [9.17, 15) is 4.79 Å². The summed E-state index contributed by atoms with van der Waals surface area (Å²) in [6.07, 6.45) is 6.69. The average Bonchev–Trinajstić information content (AvgIpc) is 3.73. The molecule has 5 aromatic rings. The van der Waals surface area contributed by atoms with Crippen molar-refractivity contribution in [1.82, 2.24) is 34.9 Å². The lowest BCUT2D eigenvalue weighted by atomic mass is 9.89. The molecule has 0 aliphatic carbocycles. The van der Waals surface area contributed by atoms with E-state index in [-0.39, 0.29) is 23.8 Å². The third-order valence-electron chi connectivity index (χ3n) is 10.1. The largest absolute Gasteiger partial charge is 0.482 e. The minimum Gasteiger partial charge on any atom is -0.482 e. The van der Waals surface area contributed by atoms with Crippen molar-refractivity contribution in [3.05, 3.63) is 112 Å². The van der Waals surface area contributed by atoms with Crippen molar-refractivity contribution < 1.29 is 4.74 Å². The van der Waals surface area contributed by atoms with Crippen LogP contribution in [0.3, 0.4) is 0 Å². The van der Waals surface area contributed by atoms with Crippen molar-refractivity contribution in [3.63, 3.8) is 0 Å². The summed E-state index contributed by atoms with van der Waals surface area (Å²) in [4.78, 5) is 24.5. The summed E-state index contributed by atoms with van der Waals surface area (Å²) < 4.78 is 9.34. The number of hydrogen-bond donors (Lipinski definition) is 3. The molecule has 3 N–H and O–H groups in total. The molecule has 0 bridgehead atoms. The Morgan fingerprint density at radius 1 is 1.12 bits per heavy atom. The Kier molecular flexibility index (Phi) is 9.48. The molecule has 2 aliphatic heterocycles. The van der Waals surface area contributed by atoms with E-state index in [2.05, 4.69) is 63.8 Å². The van der Waals surface area contributed by atoms with E-state index in [1.54, 1.807) is 30.9 Å². The predicted octanol–water partition coefficient (Wildman–Crippen LogP) is 6.68. The maximum Gasteiger partial charge on any atom is 0.293 e. The third-order valence-corrected chi connectivity index (χ3v) is 10.4. The number of anilines is 3. The third kappa shape index (κ3) is 7.03. The van der Waals surface area contributed by atoms with Crippen LogP contribution in [0.1, 0.15) is 42.9 Å². The monoisotopic (exact) mass is 705 g/mol. The molecule has 5 heterocycles. The Labute approximate surface area is 302 Å². The summed E-state index contributed by atoms with van der Waals surface area (Å²) in [5, 5.41) is 17.0. The SMILES string of the molecule is C=C(COc1cc2cc(Nc3nc(N4CCC(CCc5ccc6c(C7CCC(=C)NC7=C)nn(C)c6c5)C4)ncc3Cl)ccc2n(C)c1=O)NC. The fourth-order valence-electron chi connectivity index (χ4n) is 7.14. The number of nitrogens with one attached hydrogen (secondary N) is 3. The van der Waals surface area contributed by atoms with Crippen molar-refractivity contribution >= 4 is 50.9 Å². The topological polar surface area (TPSA) is 114 Å². The van der Waals surface area contributed by atoms with Crippen LogP contribution in [0.25, 0.3) is 21.8 Å². The summed E-state index contributed by atoms with van der Waals surface area (Å²) >= 11 is 6.58. The number of allylic oxidation sites excluding steroid dienone is 2. The molecular weight excluding hydrogens is 662 g/mol. The van der Waals surface area contributed by atoms with Crippen molar-refractivity contribution in [3.8, 4) is 5.75 Å². The van der Waals surface area contributed by atoms with Crippen LogP contribution in [0.15, 0.2) is 90.3 Å². The first-order valence-electron chi connectivity index (χ1n) is 17.3. The molecule has 0 saturated carbocycles. The first kappa shape index (κ1) is 34.2. The first-order chi connectivity index (χ1) is 24.6. The number of nitrogens with zero attached hydrogens (tertiary/aromatic N) is 6. The van der Waals surface area contributed by atoms with Gasteiger partial charge in [-0.05, 0) is 73.9 Å². The number of rotatable bonds is 11. The van der Waals surface area contributed by atoms with Crippen LogP contribution in [-0.2, 0) is 20.5 Å². The highest BCUT2D eigenvalue weighted by atomic mass is 35.5. The van der Waals surface area contributed by atoms with Gasteiger partial charge >= 0.3 is 0 Å². The molecule has 0 spiro atoms. The van der Waals surface area contributed by atoms with Crippen LogP contribution in [0.2, 0.25) is 5.02 Å². The summed E-state index contributed by atoms with van der Waals surface area (Å²) in [6, 6.07) is 14.3. The average molecular weight is 706 g/mol. The van der Waals surface area contributed by atoms with E-state index in [0.717, 1.165) is 84.4 Å². The molecule has 2 unspecified atom stereocenters. The maximum absolute atomic E-state index is 12.9. The van der Waals surface area contributed by atoms with E-state index < -0.39 is 0 Å².